The number of hydrogen-bond acceptors (Lipinski definition) is 7. The minimum Gasteiger partial charge on any atom is -0.378 e. The summed E-state index contributed by atoms with van der Waals surface area (Å²) in [5, 5.41) is 4.16. The highest BCUT2D eigenvalue weighted by molar-refractivity contribution is 7.09. The molecule has 126 valence electrons. The third-order valence-corrected chi connectivity index (χ3v) is 4.47. The van der Waals surface area contributed by atoms with Gasteiger partial charge in [-0.1, -0.05) is 0 Å². The summed E-state index contributed by atoms with van der Waals surface area (Å²) in [6.45, 7) is 6.91. The quantitative estimate of drug-likeness (QED) is 0.809. The van der Waals surface area contributed by atoms with Crippen molar-refractivity contribution >= 4 is 47.4 Å². The van der Waals surface area contributed by atoms with E-state index in [9.17, 15) is 4.79 Å². The maximum Gasteiger partial charge on any atom is 0.242 e. The van der Waals surface area contributed by atoms with Crippen molar-refractivity contribution in [3.05, 3.63) is 5.82 Å². The Hall–Kier alpha value is -0.670. The molecule has 0 aromatic carbocycles. The second-order valence-corrected chi connectivity index (χ2v) is 5.75. The lowest BCUT2D eigenvalue weighted by atomic mass is 10.2. The molecule has 7 nitrogen and oxygen atoms in total. The first-order valence-electron chi connectivity index (χ1n) is 6.89. The summed E-state index contributed by atoms with van der Waals surface area (Å²) in [4.78, 5) is 20.8. The van der Waals surface area contributed by atoms with Crippen molar-refractivity contribution in [3.63, 3.8) is 0 Å². The Kier molecular flexibility index (Phi) is 7.78. The van der Waals surface area contributed by atoms with Crippen molar-refractivity contribution in [2.24, 2.45) is 0 Å². The minimum absolute atomic E-state index is 0. The van der Waals surface area contributed by atoms with E-state index in [4.69, 9.17) is 4.74 Å². The highest BCUT2D eigenvalue weighted by atomic mass is 35.5. The van der Waals surface area contributed by atoms with Crippen LogP contribution in [0.3, 0.4) is 0 Å². The van der Waals surface area contributed by atoms with Gasteiger partial charge in [0.15, 0.2) is 0 Å². The molecule has 2 fully saturated rings. The van der Waals surface area contributed by atoms with Crippen LogP contribution in [0, 0.1) is 6.92 Å². The molecule has 3 rings (SSSR count). The normalized spacial score (nSPS) is 21.8. The van der Waals surface area contributed by atoms with Crippen LogP contribution in [0.2, 0.25) is 0 Å². The predicted octanol–water partition coefficient (Wildman–Crippen LogP) is 0.327. The minimum atomic E-state index is -0.181. The summed E-state index contributed by atoms with van der Waals surface area (Å²) in [5.41, 5.74) is 0. The summed E-state index contributed by atoms with van der Waals surface area (Å²) >= 11 is 1.42. The van der Waals surface area contributed by atoms with Gasteiger partial charge in [-0.3, -0.25) is 4.79 Å². The fourth-order valence-electron chi connectivity index (χ4n) is 2.48. The maximum atomic E-state index is 12.3. The van der Waals surface area contributed by atoms with E-state index in [1.54, 1.807) is 0 Å². The highest BCUT2D eigenvalue weighted by Gasteiger charge is 2.29. The zero-order valence-electron chi connectivity index (χ0n) is 12.4. The number of nitrogens with one attached hydrogen (secondary N) is 1. The fourth-order valence-corrected chi connectivity index (χ4v) is 3.20. The van der Waals surface area contributed by atoms with Gasteiger partial charge in [-0.15, -0.1) is 24.8 Å². The van der Waals surface area contributed by atoms with E-state index >= 15 is 0 Å². The van der Waals surface area contributed by atoms with Crippen molar-refractivity contribution in [2.45, 2.75) is 13.0 Å². The number of carbonyl (C=O) groups excluding carboxylic acids is 1. The van der Waals surface area contributed by atoms with Gasteiger partial charge in [0, 0.05) is 44.3 Å². The molecule has 1 N–H and O–H groups in total. The number of morpholine rings is 1. The van der Waals surface area contributed by atoms with Gasteiger partial charge in [0.05, 0.1) is 13.2 Å². The zero-order chi connectivity index (χ0) is 13.9. The largest absolute Gasteiger partial charge is 0.378 e. The van der Waals surface area contributed by atoms with Crippen LogP contribution in [-0.2, 0) is 9.53 Å². The number of carbonyl (C=O) groups is 1. The number of hydrogen-bond donors (Lipinski definition) is 1. The van der Waals surface area contributed by atoms with E-state index in [1.807, 2.05) is 11.8 Å². The van der Waals surface area contributed by atoms with Crippen LogP contribution in [0.1, 0.15) is 5.82 Å². The lowest BCUT2D eigenvalue weighted by Gasteiger charge is -2.36. The van der Waals surface area contributed by atoms with Crippen molar-refractivity contribution in [3.8, 4) is 0 Å². The zero-order valence-corrected chi connectivity index (χ0v) is 14.8. The monoisotopic (exact) mass is 369 g/mol. The Morgan fingerprint density at radius 2 is 2.05 bits per heavy atom. The van der Waals surface area contributed by atoms with E-state index in [0.717, 1.165) is 43.7 Å². The van der Waals surface area contributed by atoms with Crippen molar-refractivity contribution in [1.82, 2.24) is 19.6 Å². The van der Waals surface area contributed by atoms with E-state index in [2.05, 4.69) is 19.6 Å². The van der Waals surface area contributed by atoms with Crippen LogP contribution in [-0.4, -0.2) is 72.1 Å². The second kappa shape index (κ2) is 8.83. The predicted molar refractivity (Wildman–Crippen MR) is 90.5 cm³/mol. The fraction of sp³-hybridized carbons (Fsp3) is 0.750. The molecule has 10 heteroatoms. The average molecular weight is 370 g/mol. The van der Waals surface area contributed by atoms with Gasteiger partial charge in [0.2, 0.25) is 11.0 Å². The summed E-state index contributed by atoms with van der Waals surface area (Å²) in [6.07, 6.45) is 0. The van der Waals surface area contributed by atoms with Crippen LogP contribution < -0.4 is 10.2 Å². The molecule has 1 aromatic rings. The Morgan fingerprint density at radius 1 is 1.32 bits per heavy atom. The molecule has 0 radical (unpaired) electrons. The Balaban J connectivity index is 0.00000121. The van der Waals surface area contributed by atoms with Crippen molar-refractivity contribution in [2.75, 3.05) is 50.8 Å². The van der Waals surface area contributed by atoms with Gasteiger partial charge in [0.25, 0.3) is 0 Å². The second-order valence-electron chi connectivity index (χ2n) is 5.02. The number of rotatable bonds is 2. The van der Waals surface area contributed by atoms with Crippen molar-refractivity contribution in [1.29, 1.82) is 0 Å². The Morgan fingerprint density at radius 3 is 2.59 bits per heavy atom. The van der Waals surface area contributed by atoms with E-state index < -0.39 is 0 Å². The van der Waals surface area contributed by atoms with Gasteiger partial charge in [0.1, 0.15) is 11.9 Å². The summed E-state index contributed by atoms with van der Waals surface area (Å²) in [7, 11) is 0. The van der Waals surface area contributed by atoms with Crippen LogP contribution in [0.4, 0.5) is 5.13 Å². The maximum absolute atomic E-state index is 12.3. The van der Waals surface area contributed by atoms with Gasteiger partial charge in [-0.05, 0) is 6.92 Å². The average Bonchev–Trinajstić information content (AvgIpc) is 2.94. The number of piperazine rings is 1. The first-order valence-corrected chi connectivity index (χ1v) is 7.66. The summed E-state index contributed by atoms with van der Waals surface area (Å²) < 4.78 is 9.55. The molecular formula is C12H21Cl2N5O2S. The van der Waals surface area contributed by atoms with E-state index in [0.29, 0.717) is 13.2 Å². The summed E-state index contributed by atoms with van der Waals surface area (Å²) in [5.74, 6) is 0.963. The Bertz CT molecular complexity index is 476. The molecule has 0 bridgehead atoms. The van der Waals surface area contributed by atoms with Crippen molar-refractivity contribution < 1.29 is 9.53 Å². The number of anilines is 1. The van der Waals surface area contributed by atoms with Gasteiger partial charge >= 0.3 is 0 Å². The molecular weight excluding hydrogens is 349 g/mol. The van der Waals surface area contributed by atoms with Gasteiger partial charge in [-0.2, -0.15) is 4.37 Å². The lowest BCUT2D eigenvalue weighted by Crippen LogP contribution is -2.57. The molecule has 1 aromatic heterocycles. The first kappa shape index (κ1) is 19.4. The molecule has 1 atom stereocenters. The number of ether oxygens (including phenoxy) is 1. The molecule has 0 saturated carbocycles. The number of amides is 1. The summed E-state index contributed by atoms with van der Waals surface area (Å²) in [6, 6.07) is -0.181. The molecule has 1 unspecified atom stereocenters. The van der Waals surface area contributed by atoms with E-state index in [-0.39, 0.29) is 36.8 Å². The molecule has 0 aliphatic carbocycles. The third-order valence-electron chi connectivity index (χ3n) is 3.60. The third kappa shape index (κ3) is 4.42. The van der Waals surface area contributed by atoms with Crippen LogP contribution in [0.15, 0.2) is 0 Å². The highest BCUT2D eigenvalue weighted by Crippen LogP contribution is 2.18. The van der Waals surface area contributed by atoms with Gasteiger partial charge < -0.3 is 19.9 Å². The number of halogens is 2. The van der Waals surface area contributed by atoms with Crippen LogP contribution in [0.5, 0.6) is 0 Å². The number of nitrogens with zero attached hydrogens (tertiary/aromatic N) is 4. The smallest absolute Gasteiger partial charge is 0.242 e. The Labute approximate surface area is 146 Å². The SMILES string of the molecule is Cc1nsc(N2CCN(C(=O)C3COCCN3)CC2)n1.Cl.Cl. The first-order chi connectivity index (χ1) is 9.74. The topological polar surface area (TPSA) is 70.6 Å². The molecule has 2 aliphatic heterocycles. The molecule has 0 spiro atoms. The lowest BCUT2D eigenvalue weighted by molar-refractivity contribution is -0.136. The molecule has 22 heavy (non-hydrogen) atoms. The molecule has 2 saturated heterocycles. The van der Waals surface area contributed by atoms with E-state index in [1.165, 1.54) is 11.5 Å². The molecule has 3 heterocycles. The van der Waals surface area contributed by atoms with Crippen LogP contribution >= 0.6 is 36.3 Å². The standard InChI is InChI=1S/C12H19N5O2S.2ClH/c1-9-14-12(20-15-9)17-5-3-16(4-6-17)11(18)10-8-19-7-2-13-10;;/h10,13H,2-8H2,1H3;2*1H. The van der Waals surface area contributed by atoms with Crippen LogP contribution in [0.25, 0.3) is 0 Å². The van der Waals surface area contributed by atoms with Gasteiger partial charge in [-0.25, -0.2) is 4.98 Å². The number of aromatic nitrogens is 2. The molecule has 2 aliphatic rings. The molecule has 1 amide bonds. The number of aryl methyl sites for hydroxylation is 1.